The number of hydrogen-bond donors (Lipinski definition) is 2. The van der Waals surface area contributed by atoms with Crippen molar-refractivity contribution < 1.29 is 14.6 Å². The van der Waals surface area contributed by atoms with E-state index in [0.717, 1.165) is 10.0 Å². The van der Waals surface area contributed by atoms with Gasteiger partial charge in [-0.05, 0) is 24.6 Å². The molecule has 0 radical (unpaired) electrons. The normalized spacial score (nSPS) is 17.1. The first kappa shape index (κ1) is 13.5. The van der Waals surface area contributed by atoms with Gasteiger partial charge in [-0.2, -0.15) is 0 Å². The van der Waals surface area contributed by atoms with Crippen molar-refractivity contribution in [3.63, 3.8) is 0 Å². The Balaban J connectivity index is 2.02. The second kappa shape index (κ2) is 5.38. The lowest BCUT2D eigenvalue weighted by molar-refractivity contribution is -0.133. The van der Waals surface area contributed by atoms with E-state index in [9.17, 15) is 9.90 Å². The molecular weight excluding hydrogens is 298 g/mol. The van der Waals surface area contributed by atoms with E-state index in [1.54, 1.807) is 6.07 Å². The summed E-state index contributed by atoms with van der Waals surface area (Å²) >= 11 is 3.40. The number of nitrogens with one attached hydrogen (secondary N) is 1. The number of aliphatic hydroxyl groups is 1. The molecule has 0 aromatic heterocycles. The fraction of sp³-hybridized carbons (Fsp3) is 0.462. The first-order valence-corrected chi connectivity index (χ1v) is 6.59. The van der Waals surface area contributed by atoms with Gasteiger partial charge in [-0.3, -0.25) is 4.79 Å². The van der Waals surface area contributed by atoms with E-state index in [2.05, 4.69) is 21.2 Å². The summed E-state index contributed by atoms with van der Waals surface area (Å²) in [5.74, 6) is -0.117. The SMILES string of the molecule is Cc1c(Br)cccc1C(=O)NCC1(CO)COC1. The molecule has 1 aromatic carbocycles. The van der Waals surface area contributed by atoms with Gasteiger partial charge in [-0.15, -0.1) is 0 Å². The van der Waals surface area contributed by atoms with Gasteiger partial charge in [0.2, 0.25) is 0 Å². The molecular formula is C13H16BrNO3. The number of carbonyl (C=O) groups is 1. The quantitative estimate of drug-likeness (QED) is 0.885. The van der Waals surface area contributed by atoms with E-state index in [1.807, 2.05) is 19.1 Å². The Hall–Kier alpha value is -0.910. The van der Waals surface area contributed by atoms with Gasteiger partial charge in [0.05, 0.1) is 25.2 Å². The highest BCUT2D eigenvalue weighted by Crippen LogP contribution is 2.26. The summed E-state index contributed by atoms with van der Waals surface area (Å²) < 4.78 is 6.01. The number of hydrogen-bond acceptors (Lipinski definition) is 3. The number of carbonyl (C=O) groups excluding carboxylic acids is 1. The van der Waals surface area contributed by atoms with Crippen molar-refractivity contribution in [3.8, 4) is 0 Å². The maximum absolute atomic E-state index is 12.1. The van der Waals surface area contributed by atoms with E-state index < -0.39 is 0 Å². The fourth-order valence-corrected chi connectivity index (χ4v) is 2.22. The Bertz CT molecular complexity index is 452. The predicted octanol–water partition coefficient (Wildman–Crippen LogP) is 1.50. The van der Waals surface area contributed by atoms with Crippen LogP contribution in [0.5, 0.6) is 0 Å². The van der Waals surface area contributed by atoms with Crippen LogP contribution < -0.4 is 5.32 Å². The molecule has 1 aromatic rings. The van der Waals surface area contributed by atoms with Gasteiger partial charge in [0.15, 0.2) is 0 Å². The Morgan fingerprint density at radius 1 is 1.56 bits per heavy atom. The van der Waals surface area contributed by atoms with Crippen LogP contribution >= 0.6 is 15.9 Å². The molecule has 0 atom stereocenters. The smallest absolute Gasteiger partial charge is 0.251 e. The molecule has 5 heteroatoms. The van der Waals surface area contributed by atoms with E-state index >= 15 is 0 Å². The summed E-state index contributed by atoms with van der Waals surface area (Å²) in [6, 6.07) is 5.53. The summed E-state index contributed by atoms with van der Waals surface area (Å²) in [5, 5.41) is 12.1. The average molecular weight is 314 g/mol. The lowest BCUT2D eigenvalue weighted by Gasteiger charge is -2.39. The topological polar surface area (TPSA) is 58.6 Å². The molecule has 4 nitrogen and oxygen atoms in total. The van der Waals surface area contributed by atoms with Crippen LogP contribution in [-0.4, -0.2) is 37.4 Å². The zero-order chi connectivity index (χ0) is 13.2. The van der Waals surface area contributed by atoms with Crippen LogP contribution in [0.3, 0.4) is 0 Å². The first-order valence-electron chi connectivity index (χ1n) is 5.80. The third-order valence-corrected chi connectivity index (χ3v) is 4.15. The molecule has 1 fully saturated rings. The van der Waals surface area contributed by atoms with Crippen LogP contribution in [-0.2, 0) is 4.74 Å². The van der Waals surface area contributed by atoms with Crippen LogP contribution in [0, 0.1) is 12.3 Å². The Morgan fingerprint density at radius 2 is 2.28 bits per heavy atom. The van der Waals surface area contributed by atoms with Crippen molar-refractivity contribution in [1.29, 1.82) is 0 Å². The number of halogens is 1. The van der Waals surface area contributed by atoms with Gasteiger partial charge in [-0.1, -0.05) is 22.0 Å². The second-order valence-electron chi connectivity index (χ2n) is 4.75. The molecule has 18 heavy (non-hydrogen) atoms. The highest BCUT2D eigenvalue weighted by atomic mass is 79.9. The van der Waals surface area contributed by atoms with E-state index in [0.29, 0.717) is 25.3 Å². The highest BCUT2D eigenvalue weighted by molar-refractivity contribution is 9.10. The summed E-state index contributed by atoms with van der Waals surface area (Å²) in [7, 11) is 0. The standard InChI is InChI=1S/C13H16BrNO3/c1-9-10(3-2-4-11(9)14)12(17)15-5-13(6-16)7-18-8-13/h2-4,16H,5-8H2,1H3,(H,15,17). The van der Waals surface area contributed by atoms with Crippen LogP contribution in [0.2, 0.25) is 0 Å². The first-order chi connectivity index (χ1) is 8.58. The summed E-state index contributed by atoms with van der Waals surface area (Å²) in [6.45, 7) is 3.37. The monoisotopic (exact) mass is 313 g/mol. The third-order valence-electron chi connectivity index (χ3n) is 3.29. The van der Waals surface area contributed by atoms with Gasteiger partial charge < -0.3 is 15.2 Å². The van der Waals surface area contributed by atoms with Crippen LogP contribution in [0.15, 0.2) is 22.7 Å². The highest BCUT2D eigenvalue weighted by Gasteiger charge is 2.38. The molecule has 1 aliphatic rings. The van der Waals surface area contributed by atoms with E-state index in [-0.39, 0.29) is 17.9 Å². The zero-order valence-electron chi connectivity index (χ0n) is 10.2. The van der Waals surface area contributed by atoms with E-state index in [1.165, 1.54) is 0 Å². The van der Waals surface area contributed by atoms with Crippen molar-refractivity contribution in [2.75, 3.05) is 26.4 Å². The molecule has 1 aliphatic heterocycles. The number of rotatable bonds is 4. The van der Waals surface area contributed by atoms with Crippen LogP contribution in [0.1, 0.15) is 15.9 Å². The predicted molar refractivity (Wildman–Crippen MR) is 71.6 cm³/mol. The molecule has 0 spiro atoms. The molecule has 0 bridgehead atoms. The van der Waals surface area contributed by atoms with Gasteiger partial charge in [0.1, 0.15) is 0 Å². The van der Waals surface area contributed by atoms with E-state index in [4.69, 9.17) is 4.74 Å². The van der Waals surface area contributed by atoms with Gasteiger partial charge >= 0.3 is 0 Å². The minimum absolute atomic E-state index is 0.0325. The number of benzene rings is 1. The molecule has 2 rings (SSSR count). The largest absolute Gasteiger partial charge is 0.396 e. The fourth-order valence-electron chi connectivity index (χ4n) is 1.86. The molecule has 1 heterocycles. The van der Waals surface area contributed by atoms with Crippen molar-refractivity contribution in [2.24, 2.45) is 5.41 Å². The average Bonchev–Trinajstić information content (AvgIpc) is 2.31. The zero-order valence-corrected chi connectivity index (χ0v) is 11.8. The van der Waals surface area contributed by atoms with Crippen LogP contribution in [0.4, 0.5) is 0 Å². The second-order valence-corrected chi connectivity index (χ2v) is 5.60. The molecule has 0 aliphatic carbocycles. The lowest BCUT2D eigenvalue weighted by Crippen LogP contribution is -2.53. The molecule has 98 valence electrons. The summed E-state index contributed by atoms with van der Waals surface area (Å²) in [6.07, 6.45) is 0. The number of aliphatic hydroxyl groups excluding tert-OH is 1. The third kappa shape index (κ3) is 2.58. The maximum atomic E-state index is 12.1. The molecule has 1 saturated heterocycles. The summed E-state index contributed by atoms with van der Waals surface area (Å²) in [5.41, 5.74) is 1.27. The maximum Gasteiger partial charge on any atom is 0.251 e. The minimum Gasteiger partial charge on any atom is -0.396 e. The Labute approximate surface area is 114 Å². The molecule has 0 saturated carbocycles. The Kier molecular flexibility index (Phi) is 4.04. The molecule has 0 unspecified atom stereocenters. The minimum atomic E-state index is -0.296. The number of ether oxygens (including phenoxy) is 1. The number of amides is 1. The van der Waals surface area contributed by atoms with Crippen LogP contribution in [0.25, 0.3) is 0 Å². The van der Waals surface area contributed by atoms with Crippen molar-refractivity contribution in [1.82, 2.24) is 5.32 Å². The molecule has 2 N–H and O–H groups in total. The van der Waals surface area contributed by atoms with Gasteiger partial charge in [0.25, 0.3) is 5.91 Å². The van der Waals surface area contributed by atoms with Crippen molar-refractivity contribution in [2.45, 2.75) is 6.92 Å². The molecule has 1 amide bonds. The van der Waals surface area contributed by atoms with Crippen molar-refractivity contribution >= 4 is 21.8 Å². The lowest BCUT2D eigenvalue weighted by atomic mass is 9.87. The van der Waals surface area contributed by atoms with Gasteiger partial charge in [0, 0.05) is 16.6 Å². The van der Waals surface area contributed by atoms with Crippen molar-refractivity contribution in [3.05, 3.63) is 33.8 Å². The summed E-state index contributed by atoms with van der Waals surface area (Å²) in [4.78, 5) is 12.1. The Morgan fingerprint density at radius 3 is 2.83 bits per heavy atom. The van der Waals surface area contributed by atoms with Gasteiger partial charge in [-0.25, -0.2) is 0 Å².